The van der Waals surface area contributed by atoms with E-state index in [1.54, 1.807) is 12.5 Å². The molecule has 2 aromatic rings. The minimum atomic E-state index is -0.555. The van der Waals surface area contributed by atoms with Gasteiger partial charge in [0, 0.05) is 37.5 Å². The lowest BCUT2D eigenvalue weighted by molar-refractivity contribution is 0.555. The van der Waals surface area contributed by atoms with E-state index in [0.717, 1.165) is 18.3 Å². The molecule has 0 fully saturated rings. The Bertz CT molecular complexity index is 523. The summed E-state index contributed by atoms with van der Waals surface area (Å²) in [5.74, 6) is -1.08. The summed E-state index contributed by atoms with van der Waals surface area (Å²) in [5.41, 5.74) is 1.50. The van der Waals surface area contributed by atoms with Crippen molar-refractivity contribution in [3.05, 3.63) is 53.6 Å². The van der Waals surface area contributed by atoms with Gasteiger partial charge in [-0.25, -0.2) is 13.8 Å². The Morgan fingerprint density at radius 2 is 2.11 bits per heavy atom. The molecule has 18 heavy (non-hydrogen) atoms. The minimum absolute atomic E-state index is 0.362. The van der Waals surface area contributed by atoms with Gasteiger partial charge in [0.05, 0.1) is 12.0 Å². The summed E-state index contributed by atoms with van der Waals surface area (Å²) >= 11 is 0. The molecule has 0 bridgehead atoms. The largest absolute Gasteiger partial charge is 0.334 e. The van der Waals surface area contributed by atoms with Gasteiger partial charge in [-0.3, -0.25) is 0 Å². The second-order valence-electron chi connectivity index (χ2n) is 4.01. The van der Waals surface area contributed by atoms with Crippen LogP contribution in [0.3, 0.4) is 0 Å². The number of nitrogens with zero attached hydrogens (tertiary/aromatic N) is 2. The van der Waals surface area contributed by atoms with E-state index in [1.807, 2.05) is 11.5 Å². The van der Waals surface area contributed by atoms with Gasteiger partial charge >= 0.3 is 0 Å². The second kappa shape index (κ2) is 5.73. The predicted octanol–water partition coefficient (Wildman–Crippen LogP) is 2.47. The van der Waals surface area contributed by atoms with E-state index in [0.29, 0.717) is 18.7 Å². The normalized spacial score (nSPS) is 10.8. The standard InChI is InChI=1S/C13H15F2N3/c1-2-18-9-17-8-12(18)7-16-6-10-3-4-11(14)5-13(10)15/h3-5,8-9,16H,2,6-7H2,1H3. The van der Waals surface area contributed by atoms with Crippen LogP contribution in [0.4, 0.5) is 8.78 Å². The fourth-order valence-electron chi connectivity index (χ4n) is 1.77. The molecule has 0 saturated heterocycles. The predicted molar refractivity (Wildman–Crippen MR) is 64.8 cm³/mol. The van der Waals surface area contributed by atoms with E-state index in [2.05, 4.69) is 10.3 Å². The quantitative estimate of drug-likeness (QED) is 0.884. The van der Waals surface area contributed by atoms with E-state index in [4.69, 9.17) is 0 Å². The maximum atomic E-state index is 13.4. The number of hydrogen-bond acceptors (Lipinski definition) is 2. The summed E-state index contributed by atoms with van der Waals surface area (Å²) in [4.78, 5) is 4.05. The number of rotatable bonds is 5. The topological polar surface area (TPSA) is 29.9 Å². The Morgan fingerprint density at radius 1 is 1.28 bits per heavy atom. The lowest BCUT2D eigenvalue weighted by Gasteiger charge is -2.08. The molecule has 5 heteroatoms. The van der Waals surface area contributed by atoms with Crippen LogP contribution in [-0.4, -0.2) is 9.55 Å². The highest BCUT2D eigenvalue weighted by Crippen LogP contribution is 2.09. The smallest absolute Gasteiger partial charge is 0.130 e. The molecule has 0 unspecified atom stereocenters. The van der Waals surface area contributed by atoms with Gasteiger partial charge < -0.3 is 9.88 Å². The van der Waals surface area contributed by atoms with Crippen LogP contribution in [0.25, 0.3) is 0 Å². The van der Waals surface area contributed by atoms with Crippen LogP contribution in [0.15, 0.2) is 30.7 Å². The molecule has 0 aliphatic carbocycles. The van der Waals surface area contributed by atoms with Crippen molar-refractivity contribution in [2.75, 3.05) is 0 Å². The van der Waals surface area contributed by atoms with Crippen LogP contribution in [0.1, 0.15) is 18.2 Å². The van der Waals surface area contributed by atoms with Crippen molar-refractivity contribution in [1.82, 2.24) is 14.9 Å². The number of aromatic nitrogens is 2. The first kappa shape index (κ1) is 12.7. The van der Waals surface area contributed by atoms with Crippen LogP contribution < -0.4 is 5.32 Å². The van der Waals surface area contributed by atoms with Gasteiger partial charge in [0.15, 0.2) is 0 Å². The van der Waals surface area contributed by atoms with Gasteiger partial charge in [-0.15, -0.1) is 0 Å². The molecule has 3 nitrogen and oxygen atoms in total. The van der Waals surface area contributed by atoms with E-state index >= 15 is 0 Å². The fourth-order valence-corrected chi connectivity index (χ4v) is 1.77. The Hall–Kier alpha value is -1.75. The molecule has 2 rings (SSSR count). The van der Waals surface area contributed by atoms with Crippen molar-refractivity contribution in [3.63, 3.8) is 0 Å². The van der Waals surface area contributed by atoms with Crippen molar-refractivity contribution in [3.8, 4) is 0 Å². The summed E-state index contributed by atoms with van der Waals surface area (Å²) in [6.45, 7) is 3.85. The Labute approximate surface area is 104 Å². The monoisotopic (exact) mass is 251 g/mol. The highest BCUT2D eigenvalue weighted by atomic mass is 19.1. The van der Waals surface area contributed by atoms with Crippen molar-refractivity contribution >= 4 is 0 Å². The van der Waals surface area contributed by atoms with Crippen LogP contribution in [-0.2, 0) is 19.6 Å². The van der Waals surface area contributed by atoms with E-state index in [1.165, 1.54) is 12.1 Å². The van der Waals surface area contributed by atoms with Crippen LogP contribution in [0.5, 0.6) is 0 Å². The molecule has 1 N–H and O–H groups in total. The third-order valence-electron chi connectivity index (χ3n) is 2.78. The van der Waals surface area contributed by atoms with Crippen LogP contribution >= 0.6 is 0 Å². The number of aryl methyl sites for hydroxylation is 1. The number of nitrogens with one attached hydrogen (secondary N) is 1. The van der Waals surface area contributed by atoms with Crippen LogP contribution in [0.2, 0.25) is 0 Å². The van der Waals surface area contributed by atoms with Gasteiger partial charge in [-0.1, -0.05) is 6.07 Å². The molecular formula is C13H15F2N3. The van der Waals surface area contributed by atoms with E-state index in [-0.39, 0.29) is 0 Å². The lowest BCUT2D eigenvalue weighted by Crippen LogP contribution is -2.16. The third kappa shape index (κ3) is 2.92. The van der Waals surface area contributed by atoms with E-state index < -0.39 is 11.6 Å². The summed E-state index contributed by atoms with van der Waals surface area (Å²) in [5, 5.41) is 3.12. The number of benzene rings is 1. The SMILES string of the molecule is CCn1cncc1CNCc1ccc(F)cc1F. The van der Waals surface area contributed by atoms with Crippen molar-refractivity contribution < 1.29 is 8.78 Å². The van der Waals surface area contributed by atoms with Gasteiger partial charge in [0.1, 0.15) is 11.6 Å². The molecule has 96 valence electrons. The van der Waals surface area contributed by atoms with E-state index in [9.17, 15) is 8.78 Å². The Kier molecular flexibility index (Phi) is 4.04. The summed E-state index contributed by atoms with van der Waals surface area (Å²) in [6.07, 6.45) is 3.53. The molecule has 0 amide bonds. The molecule has 1 heterocycles. The summed E-state index contributed by atoms with van der Waals surface area (Å²) in [7, 11) is 0. The minimum Gasteiger partial charge on any atom is -0.334 e. The molecular weight excluding hydrogens is 236 g/mol. The van der Waals surface area contributed by atoms with Gasteiger partial charge in [0.25, 0.3) is 0 Å². The molecule has 1 aromatic carbocycles. The van der Waals surface area contributed by atoms with Crippen molar-refractivity contribution in [2.24, 2.45) is 0 Å². The first-order valence-corrected chi connectivity index (χ1v) is 5.84. The zero-order valence-electron chi connectivity index (χ0n) is 10.2. The lowest BCUT2D eigenvalue weighted by atomic mass is 10.2. The molecule has 0 aliphatic heterocycles. The molecule has 0 spiro atoms. The number of imidazole rings is 1. The zero-order valence-corrected chi connectivity index (χ0v) is 10.2. The first-order chi connectivity index (χ1) is 8.70. The molecule has 0 saturated carbocycles. The maximum absolute atomic E-state index is 13.4. The molecule has 1 aromatic heterocycles. The van der Waals surface area contributed by atoms with Gasteiger partial charge in [0.2, 0.25) is 0 Å². The Balaban J connectivity index is 1.92. The highest BCUT2D eigenvalue weighted by Gasteiger charge is 2.04. The first-order valence-electron chi connectivity index (χ1n) is 5.84. The molecule has 0 aliphatic rings. The number of halogens is 2. The zero-order chi connectivity index (χ0) is 13.0. The van der Waals surface area contributed by atoms with Gasteiger partial charge in [-0.05, 0) is 13.0 Å². The van der Waals surface area contributed by atoms with Crippen molar-refractivity contribution in [2.45, 2.75) is 26.6 Å². The number of hydrogen-bond donors (Lipinski definition) is 1. The average Bonchev–Trinajstić information content (AvgIpc) is 2.79. The summed E-state index contributed by atoms with van der Waals surface area (Å²) < 4.78 is 28.1. The highest BCUT2D eigenvalue weighted by molar-refractivity contribution is 5.18. The average molecular weight is 251 g/mol. The maximum Gasteiger partial charge on any atom is 0.130 e. The second-order valence-corrected chi connectivity index (χ2v) is 4.01. The summed E-state index contributed by atoms with van der Waals surface area (Å²) in [6, 6.07) is 3.61. The Morgan fingerprint density at radius 3 is 2.83 bits per heavy atom. The van der Waals surface area contributed by atoms with Crippen molar-refractivity contribution in [1.29, 1.82) is 0 Å². The molecule has 0 atom stereocenters. The molecule has 0 radical (unpaired) electrons. The third-order valence-corrected chi connectivity index (χ3v) is 2.78. The van der Waals surface area contributed by atoms with Gasteiger partial charge in [-0.2, -0.15) is 0 Å². The van der Waals surface area contributed by atoms with Crippen LogP contribution in [0, 0.1) is 11.6 Å². The fraction of sp³-hybridized carbons (Fsp3) is 0.308.